The molecular weight excluding hydrogens is 216 g/mol. The number of benzene rings is 2. The topological polar surface area (TPSA) is 0 Å². The van der Waals surface area contributed by atoms with Crippen LogP contribution in [0.5, 0.6) is 0 Å². The quantitative estimate of drug-likeness (QED) is 0.663. The molecule has 0 aliphatic heterocycles. The van der Waals surface area contributed by atoms with Crippen LogP contribution >= 0.6 is 0 Å². The molecule has 0 nitrogen and oxygen atoms in total. The largest absolute Gasteiger partial charge is 0.0619 e. The summed E-state index contributed by atoms with van der Waals surface area (Å²) in [7, 11) is 0. The van der Waals surface area contributed by atoms with Crippen LogP contribution < -0.4 is 0 Å². The van der Waals surface area contributed by atoms with E-state index in [2.05, 4.69) is 69.3 Å². The molecule has 0 aromatic heterocycles. The Morgan fingerprint density at radius 1 is 0.722 bits per heavy atom. The van der Waals surface area contributed by atoms with Gasteiger partial charge in [-0.3, -0.25) is 0 Å². The van der Waals surface area contributed by atoms with Gasteiger partial charge in [0.1, 0.15) is 0 Å². The van der Waals surface area contributed by atoms with Crippen molar-refractivity contribution in [1.82, 2.24) is 0 Å². The first-order valence-electron chi connectivity index (χ1n) is 6.40. The minimum Gasteiger partial charge on any atom is -0.0619 e. The van der Waals surface area contributed by atoms with Gasteiger partial charge in [-0.25, -0.2) is 0 Å². The van der Waals surface area contributed by atoms with Gasteiger partial charge < -0.3 is 0 Å². The monoisotopic (exact) mass is 233 g/mol. The van der Waals surface area contributed by atoms with Crippen LogP contribution in [0.1, 0.15) is 34.7 Å². The summed E-state index contributed by atoms with van der Waals surface area (Å²) < 4.78 is 0. The summed E-state index contributed by atoms with van der Waals surface area (Å²) in [6.07, 6.45) is 2.31. The Balaban J connectivity index is 2.14. The van der Waals surface area contributed by atoms with Crippen molar-refractivity contribution >= 4 is 11.6 Å². The summed E-state index contributed by atoms with van der Waals surface area (Å²) >= 11 is 0. The van der Waals surface area contributed by atoms with Gasteiger partial charge in [0, 0.05) is 5.92 Å². The summed E-state index contributed by atoms with van der Waals surface area (Å²) in [5.41, 5.74) is 8.19. The van der Waals surface area contributed by atoms with Gasteiger partial charge in [-0.1, -0.05) is 49.4 Å². The number of hydrogen-bond acceptors (Lipinski definition) is 0. The molecule has 0 N–H and O–H groups in total. The Hall–Kier alpha value is -1.82. The van der Waals surface area contributed by atoms with E-state index in [0.29, 0.717) is 0 Å². The second kappa shape index (κ2) is 4.13. The van der Waals surface area contributed by atoms with Gasteiger partial charge in [-0.2, -0.15) is 0 Å². The van der Waals surface area contributed by atoms with Gasteiger partial charge in [0.05, 0.1) is 0 Å². The molecule has 89 valence electrons. The molecule has 0 amide bonds. The zero-order valence-electron chi connectivity index (χ0n) is 11.1. The molecule has 2 aromatic carbocycles. The summed E-state index contributed by atoms with van der Waals surface area (Å²) in [5, 5.41) is 0. The van der Waals surface area contributed by atoms with E-state index in [9.17, 15) is 0 Å². The Morgan fingerprint density at radius 2 is 1.44 bits per heavy atom. The molecule has 3 rings (SSSR count). The van der Waals surface area contributed by atoms with Crippen molar-refractivity contribution in [3.05, 3.63) is 76.2 Å². The van der Waals surface area contributed by atoms with Crippen LogP contribution in [0, 0.1) is 19.8 Å². The fraction of sp³-hybridized carbons (Fsp3) is 0.167. The summed E-state index contributed by atoms with van der Waals surface area (Å²) in [6.45, 7) is 6.61. The number of aryl methyl sites for hydroxylation is 1. The lowest BCUT2D eigenvalue weighted by Gasteiger charge is -2.14. The Bertz CT molecular complexity index is 632. The van der Waals surface area contributed by atoms with E-state index < -0.39 is 0 Å². The third-order valence-electron chi connectivity index (χ3n) is 3.96. The minimum atomic E-state index is 1.34. The fourth-order valence-electron chi connectivity index (χ4n) is 2.70. The zero-order chi connectivity index (χ0) is 12.7. The Kier molecular flexibility index (Phi) is 2.59. The van der Waals surface area contributed by atoms with Crippen LogP contribution in [0.25, 0.3) is 11.6 Å². The molecule has 2 aromatic rings. The second-order valence-electron chi connectivity index (χ2n) is 5.02. The smallest absolute Gasteiger partial charge is 0.0321 e. The fourth-order valence-corrected chi connectivity index (χ4v) is 2.70. The molecule has 0 spiro atoms. The van der Waals surface area contributed by atoms with Crippen LogP contribution in [-0.2, 0) is 0 Å². The van der Waals surface area contributed by atoms with E-state index >= 15 is 0 Å². The molecule has 0 bridgehead atoms. The minimum absolute atomic E-state index is 1.34. The van der Waals surface area contributed by atoms with E-state index in [1.165, 1.54) is 39.3 Å². The van der Waals surface area contributed by atoms with Crippen LogP contribution in [0.15, 0.2) is 42.5 Å². The summed E-state index contributed by atoms with van der Waals surface area (Å²) in [6, 6.07) is 15.2. The highest BCUT2D eigenvalue weighted by molar-refractivity contribution is 5.98. The van der Waals surface area contributed by atoms with Crippen LogP contribution in [0.3, 0.4) is 0 Å². The van der Waals surface area contributed by atoms with Gasteiger partial charge >= 0.3 is 0 Å². The molecule has 0 heterocycles. The number of hydrogen-bond donors (Lipinski definition) is 0. The van der Waals surface area contributed by atoms with E-state index in [1.54, 1.807) is 0 Å². The molecule has 18 heavy (non-hydrogen) atoms. The van der Waals surface area contributed by atoms with Gasteiger partial charge in [-0.05, 0) is 53.3 Å². The first kappa shape index (κ1) is 11.3. The number of rotatable bonds is 1. The van der Waals surface area contributed by atoms with E-state index in [4.69, 9.17) is 0 Å². The molecule has 1 radical (unpaired) electrons. The second-order valence-corrected chi connectivity index (χ2v) is 5.02. The predicted octanol–water partition coefficient (Wildman–Crippen LogP) is 4.80. The maximum Gasteiger partial charge on any atom is 0.0321 e. The first-order valence-corrected chi connectivity index (χ1v) is 6.40. The Morgan fingerprint density at radius 3 is 2.22 bits per heavy atom. The molecule has 0 saturated carbocycles. The molecule has 1 aliphatic rings. The highest BCUT2D eigenvalue weighted by Gasteiger charge is 2.23. The zero-order valence-corrected chi connectivity index (χ0v) is 11.1. The standard InChI is InChI=1S/C18H17/c1-12-7-6-10-17(13(12)2)18-11-15-8-4-5-9-16(15)14(18)3/h4-11H,1-3H3. The Labute approximate surface area is 109 Å². The highest BCUT2D eigenvalue weighted by Crippen LogP contribution is 2.41. The van der Waals surface area contributed by atoms with Gasteiger partial charge in [0.25, 0.3) is 0 Å². The summed E-state index contributed by atoms with van der Waals surface area (Å²) in [5.74, 6) is 1.39. The molecule has 0 saturated heterocycles. The molecule has 1 aliphatic carbocycles. The molecule has 0 unspecified atom stereocenters. The SMILES string of the molecule is C[C]1C(c2cccc(C)c2C)=Cc2ccccc21. The number of fused-ring (bicyclic) bond motifs is 1. The highest BCUT2D eigenvalue weighted by atomic mass is 14.3. The third-order valence-corrected chi connectivity index (χ3v) is 3.96. The summed E-state index contributed by atoms with van der Waals surface area (Å²) in [4.78, 5) is 0. The van der Waals surface area contributed by atoms with E-state index in [0.717, 1.165) is 0 Å². The lowest BCUT2D eigenvalue weighted by atomic mass is 9.89. The first-order chi connectivity index (χ1) is 8.68. The maximum absolute atomic E-state index is 2.31. The van der Waals surface area contributed by atoms with E-state index in [1.807, 2.05) is 0 Å². The van der Waals surface area contributed by atoms with Gasteiger partial charge in [-0.15, -0.1) is 0 Å². The van der Waals surface area contributed by atoms with Crippen molar-refractivity contribution in [1.29, 1.82) is 0 Å². The average molecular weight is 233 g/mol. The van der Waals surface area contributed by atoms with Crippen molar-refractivity contribution < 1.29 is 0 Å². The van der Waals surface area contributed by atoms with Gasteiger partial charge in [0.15, 0.2) is 0 Å². The normalized spacial score (nSPS) is 14.5. The molecule has 0 fully saturated rings. The third kappa shape index (κ3) is 1.60. The van der Waals surface area contributed by atoms with E-state index in [-0.39, 0.29) is 0 Å². The van der Waals surface area contributed by atoms with Crippen molar-refractivity contribution in [2.45, 2.75) is 20.8 Å². The van der Waals surface area contributed by atoms with Crippen molar-refractivity contribution in [2.75, 3.05) is 0 Å². The molecule has 0 heteroatoms. The van der Waals surface area contributed by atoms with Crippen molar-refractivity contribution in [3.63, 3.8) is 0 Å². The average Bonchev–Trinajstić information content (AvgIpc) is 2.71. The van der Waals surface area contributed by atoms with Crippen LogP contribution in [0.2, 0.25) is 0 Å². The number of allylic oxidation sites excluding steroid dienone is 1. The maximum atomic E-state index is 2.31. The molecule has 0 atom stereocenters. The molecular formula is C18H17. The lowest BCUT2D eigenvalue weighted by molar-refractivity contribution is 1.25. The van der Waals surface area contributed by atoms with Gasteiger partial charge in [0.2, 0.25) is 0 Å². The lowest BCUT2D eigenvalue weighted by Crippen LogP contribution is -1.97. The van der Waals surface area contributed by atoms with Crippen molar-refractivity contribution in [2.24, 2.45) is 0 Å². The van der Waals surface area contributed by atoms with Crippen LogP contribution in [0.4, 0.5) is 0 Å². The van der Waals surface area contributed by atoms with Crippen LogP contribution in [-0.4, -0.2) is 0 Å². The van der Waals surface area contributed by atoms with Crippen molar-refractivity contribution in [3.8, 4) is 0 Å². The predicted molar refractivity (Wildman–Crippen MR) is 78.2 cm³/mol.